The first-order chi connectivity index (χ1) is 8.33. The van der Waals surface area contributed by atoms with E-state index < -0.39 is 0 Å². The number of likely N-dealkylation sites (tertiary alicyclic amines) is 1. The second-order valence-corrected chi connectivity index (χ2v) is 5.90. The van der Waals surface area contributed by atoms with Gasteiger partial charge in [0.1, 0.15) is 0 Å². The Hall–Kier alpha value is -0.450. The van der Waals surface area contributed by atoms with Crippen LogP contribution in [0.4, 0.5) is 0 Å². The summed E-state index contributed by atoms with van der Waals surface area (Å²) in [6.07, 6.45) is 7.02. The van der Waals surface area contributed by atoms with Gasteiger partial charge in [-0.3, -0.25) is 0 Å². The number of nitrogens with one attached hydrogen (secondary N) is 1. The first kappa shape index (κ1) is 13.0. The van der Waals surface area contributed by atoms with Crippen LogP contribution in [0.2, 0.25) is 0 Å². The summed E-state index contributed by atoms with van der Waals surface area (Å²) in [4.78, 5) is 8.57. The molecule has 0 bridgehead atoms. The maximum atomic E-state index is 4.57. The van der Waals surface area contributed by atoms with E-state index in [4.69, 9.17) is 0 Å². The summed E-state index contributed by atoms with van der Waals surface area (Å²) in [6.45, 7) is 5.77. The maximum absolute atomic E-state index is 4.57. The van der Waals surface area contributed by atoms with Crippen LogP contribution in [0.5, 0.6) is 0 Å². The van der Waals surface area contributed by atoms with E-state index in [0.29, 0.717) is 0 Å². The Labute approximate surface area is 108 Å². The lowest BCUT2D eigenvalue weighted by atomic mass is 10.1. The van der Waals surface area contributed by atoms with Crippen LogP contribution in [-0.2, 0) is 12.8 Å². The molecule has 17 heavy (non-hydrogen) atoms. The molecule has 1 fully saturated rings. The number of hydrogen-bond acceptors (Lipinski definition) is 4. The van der Waals surface area contributed by atoms with Crippen molar-refractivity contribution in [1.29, 1.82) is 0 Å². The van der Waals surface area contributed by atoms with Crippen molar-refractivity contribution in [3.8, 4) is 0 Å². The zero-order valence-electron chi connectivity index (χ0n) is 10.9. The molecular weight excluding hydrogens is 230 g/mol. The van der Waals surface area contributed by atoms with Gasteiger partial charge in [0.25, 0.3) is 0 Å². The second kappa shape index (κ2) is 6.47. The van der Waals surface area contributed by atoms with Crippen molar-refractivity contribution in [2.75, 3.05) is 26.7 Å². The van der Waals surface area contributed by atoms with E-state index in [1.165, 1.54) is 35.8 Å². The van der Waals surface area contributed by atoms with Crippen LogP contribution in [0.25, 0.3) is 0 Å². The minimum atomic E-state index is 0.739. The Morgan fingerprint density at radius 3 is 3.24 bits per heavy atom. The van der Waals surface area contributed by atoms with Crippen LogP contribution in [0.1, 0.15) is 29.7 Å². The SMILES string of the molecule is CCN1CCCC1Cc1ncc(CCNC)s1. The molecule has 0 aliphatic carbocycles. The number of hydrogen-bond donors (Lipinski definition) is 1. The van der Waals surface area contributed by atoms with Crippen LogP contribution in [0.15, 0.2) is 6.20 Å². The molecule has 1 aliphatic heterocycles. The molecule has 2 heterocycles. The Morgan fingerprint density at radius 2 is 2.47 bits per heavy atom. The van der Waals surface area contributed by atoms with Gasteiger partial charge in [-0.15, -0.1) is 11.3 Å². The molecule has 0 spiro atoms. The van der Waals surface area contributed by atoms with Crippen LogP contribution in [0.3, 0.4) is 0 Å². The predicted molar refractivity (Wildman–Crippen MR) is 73.7 cm³/mol. The quantitative estimate of drug-likeness (QED) is 0.840. The van der Waals surface area contributed by atoms with E-state index in [9.17, 15) is 0 Å². The van der Waals surface area contributed by atoms with E-state index in [2.05, 4.69) is 28.3 Å². The van der Waals surface area contributed by atoms with Gasteiger partial charge >= 0.3 is 0 Å². The molecule has 1 aliphatic rings. The van der Waals surface area contributed by atoms with Crippen molar-refractivity contribution in [2.24, 2.45) is 0 Å². The van der Waals surface area contributed by atoms with Crippen LogP contribution in [0, 0.1) is 0 Å². The van der Waals surface area contributed by atoms with E-state index >= 15 is 0 Å². The number of thiazole rings is 1. The first-order valence-electron chi connectivity index (χ1n) is 6.65. The van der Waals surface area contributed by atoms with Crippen LogP contribution in [-0.4, -0.2) is 42.6 Å². The summed E-state index contributed by atoms with van der Waals surface area (Å²) < 4.78 is 0. The molecule has 2 rings (SSSR count). The topological polar surface area (TPSA) is 28.2 Å². The number of rotatable bonds is 6. The van der Waals surface area contributed by atoms with Gasteiger partial charge in [-0.05, 0) is 45.9 Å². The smallest absolute Gasteiger partial charge is 0.0943 e. The van der Waals surface area contributed by atoms with E-state index in [-0.39, 0.29) is 0 Å². The highest BCUT2D eigenvalue weighted by Crippen LogP contribution is 2.23. The monoisotopic (exact) mass is 253 g/mol. The van der Waals surface area contributed by atoms with Crippen molar-refractivity contribution in [1.82, 2.24) is 15.2 Å². The summed E-state index contributed by atoms with van der Waals surface area (Å²) >= 11 is 1.89. The molecular formula is C13H23N3S. The molecule has 1 unspecified atom stereocenters. The first-order valence-corrected chi connectivity index (χ1v) is 7.47. The molecule has 1 N–H and O–H groups in total. The Kier molecular flexibility index (Phi) is 4.95. The van der Waals surface area contributed by atoms with Crippen molar-refractivity contribution in [2.45, 2.75) is 38.6 Å². The van der Waals surface area contributed by atoms with Gasteiger partial charge in [-0.2, -0.15) is 0 Å². The molecule has 0 amide bonds. The molecule has 96 valence electrons. The van der Waals surface area contributed by atoms with Gasteiger partial charge in [-0.1, -0.05) is 6.92 Å². The van der Waals surface area contributed by atoms with Crippen molar-refractivity contribution in [3.63, 3.8) is 0 Å². The fraction of sp³-hybridized carbons (Fsp3) is 0.769. The zero-order chi connectivity index (χ0) is 12.1. The standard InChI is InChI=1S/C13H23N3S/c1-3-16-8-4-5-11(16)9-13-15-10-12(17-13)6-7-14-2/h10-11,14H,3-9H2,1-2H3. The highest BCUT2D eigenvalue weighted by Gasteiger charge is 2.23. The van der Waals surface area contributed by atoms with Gasteiger partial charge < -0.3 is 10.2 Å². The van der Waals surface area contributed by atoms with Gasteiger partial charge in [-0.25, -0.2) is 4.98 Å². The minimum Gasteiger partial charge on any atom is -0.319 e. The lowest BCUT2D eigenvalue weighted by Gasteiger charge is -2.21. The fourth-order valence-corrected chi connectivity index (χ4v) is 3.54. The zero-order valence-corrected chi connectivity index (χ0v) is 11.7. The van der Waals surface area contributed by atoms with Gasteiger partial charge in [0.15, 0.2) is 0 Å². The highest BCUT2D eigenvalue weighted by atomic mass is 32.1. The van der Waals surface area contributed by atoms with E-state index in [1.54, 1.807) is 0 Å². The highest BCUT2D eigenvalue weighted by molar-refractivity contribution is 7.11. The molecule has 0 radical (unpaired) electrons. The minimum absolute atomic E-state index is 0.739. The number of nitrogens with zero attached hydrogens (tertiary/aromatic N) is 2. The Morgan fingerprint density at radius 1 is 1.59 bits per heavy atom. The van der Waals surface area contributed by atoms with Gasteiger partial charge in [0, 0.05) is 23.5 Å². The third-order valence-corrected chi connectivity index (χ3v) is 4.62. The van der Waals surface area contributed by atoms with E-state index in [1.807, 2.05) is 18.4 Å². The molecule has 0 aromatic carbocycles. The summed E-state index contributed by atoms with van der Waals surface area (Å²) in [7, 11) is 2.00. The average Bonchev–Trinajstić information content (AvgIpc) is 2.96. The lowest BCUT2D eigenvalue weighted by molar-refractivity contribution is 0.266. The van der Waals surface area contributed by atoms with E-state index in [0.717, 1.165) is 25.4 Å². The summed E-state index contributed by atoms with van der Waals surface area (Å²) in [5.41, 5.74) is 0. The molecule has 1 aromatic heterocycles. The second-order valence-electron chi connectivity index (χ2n) is 4.70. The molecule has 1 aromatic rings. The third-order valence-electron chi connectivity index (χ3n) is 3.54. The summed E-state index contributed by atoms with van der Waals surface area (Å²) in [5, 5.41) is 4.51. The third kappa shape index (κ3) is 3.50. The molecule has 1 saturated heterocycles. The van der Waals surface area contributed by atoms with Crippen molar-refractivity contribution >= 4 is 11.3 Å². The fourth-order valence-electron chi connectivity index (χ4n) is 2.55. The van der Waals surface area contributed by atoms with Crippen LogP contribution < -0.4 is 5.32 Å². The normalized spacial score (nSPS) is 21.2. The molecule has 0 saturated carbocycles. The Balaban J connectivity index is 1.87. The molecule has 4 heteroatoms. The predicted octanol–water partition coefficient (Wildman–Crippen LogP) is 1.93. The molecule has 1 atom stereocenters. The van der Waals surface area contributed by atoms with Gasteiger partial charge in [0.2, 0.25) is 0 Å². The lowest BCUT2D eigenvalue weighted by Crippen LogP contribution is -2.30. The Bertz CT molecular complexity index is 337. The summed E-state index contributed by atoms with van der Waals surface area (Å²) in [6, 6.07) is 0.739. The number of likely N-dealkylation sites (N-methyl/N-ethyl adjacent to an activating group) is 2. The van der Waals surface area contributed by atoms with Crippen LogP contribution >= 0.6 is 11.3 Å². The number of aromatic nitrogens is 1. The van der Waals surface area contributed by atoms with Gasteiger partial charge in [0.05, 0.1) is 5.01 Å². The van der Waals surface area contributed by atoms with Crippen molar-refractivity contribution in [3.05, 3.63) is 16.1 Å². The maximum Gasteiger partial charge on any atom is 0.0943 e. The van der Waals surface area contributed by atoms with Crippen molar-refractivity contribution < 1.29 is 0 Å². The molecule has 3 nitrogen and oxygen atoms in total. The average molecular weight is 253 g/mol. The largest absolute Gasteiger partial charge is 0.319 e. The summed E-state index contributed by atoms with van der Waals surface area (Å²) in [5.74, 6) is 0.